The van der Waals surface area contributed by atoms with Crippen LogP contribution in [0.25, 0.3) is 0 Å². The number of hydrogen-bond acceptors (Lipinski definition) is 3. The molecular weight excluding hydrogens is 276 g/mol. The number of carbonyl (C=O) groups is 1. The molecule has 0 aliphatic heterocycles. The van der Waals surface area contributed by atoms with Gasteiger partial charge in [0.1, 0.15) is 5.75 Å². The molecule has 0 radical (unpaired) electrons. The van der Waals surface area contributed by atoms with Gasteiger partial charge in [0.2, 0.25) is 5.91 Å². The van der Waals surface area contributed by atoms with Gasteiger partial charge in [-0.25, -0.2) is 0 Å². The smallest absolute Gasteiger partial charge is 0.241 e. The predicted octanol–water partition coefficient (Wildman–Crippen LogP) is 2.86. The lowest BCUT2D eigenvalue weighted by Gasteiger charge is -2.28. The number of nitrogens with zero attached hydrogens (tertiary/aromatic N) is 1. The van der Waals surface area contributed by atoms with E-state index in [1.165, 1.54) is 5.56 Å². The fourth-order valence-corrected chi connectivity index (χ4v) is 2.28. The molecule has 0 fully saturated rings. The fraction of sp³-hybridized carbons (Fsp3) is 0.611. The van der Waals surface area contributed by atoms with Crippen molar-refractivity contribution < 1.29 is 9.53 Å². The minimum atomic E-state index is -0.543. The van der Waals surface area contributed by atoms with Gasteiger partial charge in [-0.05, 0) is 44.4 Å². The zero-order chi connectivity index (χ0) is 16.6. The Kier molecular flexibility index (Phi) is 7.39. The maximum atomic E-state index is 12.1. The number of rotatable bonds is 9. The van der Waals surface area contributed by atoms with Gasteiger partial charge < -0.3 is 15.0 Å². The molecule has 1 aromatic rings. The van der Waals surface area contributed by atoms with E-state index in [0.29, 0.717) is 0 Å². The van der Waals surface area contributed by atoms with Crippen LogP contribution >= 0.6 is 0 Å². The molecule has 1 aromatic carbocycles. The van der Waals surface area contributed by atoms with E-state index in [-0.39, 0.29) is 5.91 Å². The molecule has 1 N–H and O–H groups in total. The van der Waals surface area contributed by atoms with Crippen LogP contribution in [0.5, 0.6) is 5.75 Å². The Hall–Kier alpha value is -1.55. The monoisotopic (exact) mass is 306 g/mol. The van der Waals surface area contributed by atoms with E-state index in [9.17, 15) is 4.79 Å². The van der Waals surface area contributed by atoms with Crippen molar-refractivity contribution in [3.05, 3.63) is 29.8 Å². The van der Waals surface area contributed by atoms with Gasteiger partial charge in [-0.15, -0.1) is 0 Å². The van der Waals surface area contributed by atoms with Gasteiger partial charge in [0, 0.05) is 20.6 Å². The summed E-state index contributed by atoms with van der Waals surface area (Å²) in [5.41, 5.74) is 0.674. The molecule has 22 heavy (non-hydrogen) atoms. The van der Waals surface area contributed by atoms with Gasteiger partial charge in [-0.2, -0.15) is 0 Å². The summed E-state index contributed by atoms with van der Waals surface area (Å²) in [6, 6.07) is 8.19. The first-order chi connectivity index (χ1) is 10.4. The molecule has 4 nitrogen and oxygen atoms in total. The average Bonchev–Trinajstić information content (AvgIpc) is 2.47. The molecule has 0 saturated carbocycles. The highest BCUT2D eigenvalue weighted by atomic mass is 16.5. The first kappa shape index (κ1) is 18.5. The lowest BCUT2D eigenvalue weighted by Crippen LogP contribution is -2.52. The zero-order valence-electron chi connectivity index (χ0n) is 14.6. The highest BCUT2D eigenvalue weighted by Crippen LogP contribution is 2.14. The summed E-state index contributed by atoms with van der Waals surface area (Å²) in [6.45, 7) is 7.51. The lowest BCUT2D eigenvalue weighted by atomic mass is 10.0. The van der Waals surface area contributed by atoms with Crippen molar-refractivity contribution in [1.82, 2.24) is 10.2 Å². The molecule has 0 aliphatic carbocycles. The molecule has 0 saturated heterocycles. The Morgan fingerprint density at radius 1 is 1.32 bits per heavy atom. The second kappa shape index (κ2) is 8.79. The molecular formula is C18H30N2O2. The third kappa shape index (κ3) is 6.06. The van der Waals surface area contributed by atoms with Crippen molar-refractivity contribution in [2.75, 3.05) is 27.2 Å². The van der Waals surface area contributed by atoms with Crippen molar-refractivity contribution in [3.8, 4) is 5.75 Å². The lowest BCUT2D eigenvalue weighted by molar-refractivity contribution is -0.134. The van der Waals surface area contributed by atoms with E-state index in [1.54, 1.807) is 19.0 Å². The van der Waals surface area contributed by atoms with Gasteiger partial charge in [-0.3, -0.25) is 4.79 Å². The number of carbonyl (C=O) groups excluding carboxylic acids is 1. The van der Waals surface area contributed by atoms with Crippen molar-refractivity contribution in [1.29, 1.82) is 0 Å². The van der Waals surface area contributed by atoms with Crippen LogP contribution in [-0.2, 0) is 11.2 Å². The minimum absolute atomic E-state index is 0.0872. The van der Waals surface area contributed by atoms with E-state index in [2.05, 4.69) is 24.4 Å². The Labute approximate surface area is 134 Å². The van der Waals surface area contributed by atoms with E-state index in [1.807, 2.05) is 26.0 Å². The van der Waals surface area contributed by atoms with Crippen molar-refractivity contribution in [2.24, 2.45) is 0 Å². The number of ether oxygens (including phenoxy) is 1. The first-order valence-electron chi connectivity index (χ1n) is 8.05. The molecule has 1 amide bonds. The second-order valence-corrected chi connectivity index (χ2v) is 6.35. The van der Waals surface area contributed by atoms with Crippen LogP contribution in [0.3, 0.4) is 0 Å². The van der Waals surface area contributed by atoms with Crippen LogP contribution in [0.1, 0.15) is 39.2 Å². The van der Waals surface area contributed by atoms with Gasteiger partial charge >= 0.3 is 0 Å². The molecule has 0 heterocycles. The van der Waals surface area contributed by atoms with Crippen LogP contribution in [0, 0.1) is 0 Å². The first-order valence-corrected chi connectivity index (χ1v) is 8.05. The molecule has 0 spiro atoms. The Morgan fingerprint density at radius 3 is 2.68 bits per heavy atom. The van der Waals surface area contributed by atoms with Crippen molar-refractivity contribution >= 4 is 5.91 Å². The van der Waals surface area contributed by atoms with Gasteiger partial charge in [-0.1, -0.05) is 25.5 Å². The largest absolute Gasteiger partial charge is 0.494 e. The standard InChI is InChI=1S/C18H30N2O2/c1-6-7-13-22-16-10-8-9-15(14-16)11-12-19-18(2,3)17(21)20(4)5/h8-10,14,19H,6-7,11-13H2,1-5H3. The quantitative estimate of drug-likeness (QED) is 0.713. The predicted molar refractivity (Wildman–Crippen MR) is 91.3 cm³/mol. The number of likely N-dealkylation sites (N-methyl/N-ethyl adjacent to an activating group) is 1. The highest BCUT2D eigenvalue weighted by molar-refractivity contribution is 5.85. The summed E-state index contributed by atoms with van der Waals surface area (Å²) < 4.78 is 5.72. The number of benzene rings is 1. The Balaban J connectivity index is 2.47. The molecule has 0 bridgehead atoms. The summed E-state index contributed by atoms with van der Waals surface area (Å²) >= 11 is 0. The minimum Gasteiger partial charge on any atom is -0.494 e. The van der Waals surface area contributed by atoms with Gasteiger partial charge in [0.25, 0.3) is 0 Å². The van der Waals surface area contributed by atoms with Crippen LogP contribution < -0.4 is 10.1 Å². The molecule has 0 aromatic heterocycles. The Bertz CT molecular complexity index is 470. The van der Waals surface area contributed by atoms with Crippen LogP contribution in [-0.4, -0.2) is 43.6 Å². The molecule has 0 atom stereocenters. The molecule has 1 rings (SSSR count). The summed E-state index contributed by atoms with van der Waals surface area (Å²) in [7, 11) is 3.56. The van der Waals surface area contributed by atoms with Gasteiger partial charge in [0.05, 0.1) is 12.1 Å². The summed E-state index contributed by atoms with van der Waals surface area (Å²) in [5, 5.41) is 3.33. The third-order valence-corrected chi connectivity index (χ3v) is 3.59. The zero-order valence-corrected chi connectivity index (χ0v) is 14.6. The second-order valence-electron chi connectivity index (χ2n) is 6.35. The number of nitrogens with one attached hydrogen (secondary N) is 1. The summed E-state index contributed by atoms with van der Waals surface area (Å²) in [4.78, 5) is 13.7. The van der Waals surface area contributed by atoms with E-state index >= 15 is 0 Å². The molecule has 124 valence electrons. The SMILES string of the molecule is CCCCOc1cccc(CCNC(C)(C)C(=O)N(C)C)c1. The van der Waals surface area contributed by atoms with Crippen LogP contribution in [0.2, 0.25) is 0 Å². The third-order valence-electron chi connectivity index (χ3n) is 3.59. The maximum absolute atomic E-state index is 12.1. The van der Waals surface area contributed by atoms with Crippen LogP contribution in [0.15, 0.2) is 24.3 Å². The number of hydrogen-bond donors (Lipinski definition) is 1. The summed E-state index contributed by atoms with van der Waals surface area (Å²) in [6.07, 6.45) is 3.08. The highest BCUT2D eigenvalue weighted by Gasteiger charge is 2.27. The number of amides is 1. The Morgan fingerprint density at radius 2 is 2.05 bits per heavy atom. The van der Waals surface area contributed by atoms with Crippen molar-refractivity contribution in [2.45, 2.75) is 45.6 Å². The fourth-order valence-electron chi connectivity index (χ4n) is 2.28. The topological polar surface area (TPSA) is 41.6 Å². The van der Waals surface area contributed by atoms with Crippen molar-refractivity contribution in [3.63, 3.8) is 0 Å². The molecule has 0 unspecified atom stereocenters. The molecule has 0 aliphatic rings. The number of unbranched alkanes of at least 4 members (excludes halogenated alkanes) is 1. The normalized spacial score (nSPS) is 11.3. The van der Waals surface area contributed by atoms with E-state index in [0.717, 1.165) is 38.2 Å². The van der Waals surface area contributed by atoms with E-state index < -0.39 is 5.54 Å². The summed E-state index contributed by atoms with van der Waals surface area (Å²) in [5.74, 6) is 1.01. The van der Waals surface area contributed by atoms with Crippen LogP contribution in [0.4, 0.5) is 0 Å². The van der Waals surface area contributed by atoms with Gasteiger partial charge in [0.15, 0.2) is 0 Å². The maximum Gasteiger partial charge on any atom is 0.241 e. The average molecular weight is 306 g/mol. The van der Waals surface area contributed by atoms with E-state index in [4.69, 9.17) is 4.74 Å². The molecule has 4 heteroatoms.